The summed E-state index contributed by atoms with van der Waals surface area (Å²) in [5.74, 6) is 2.35. The van der Waals surface area contributed by atoms with Gasteiger partial charge in [0.1, 0.15) is 13.3 Å². The minimum Gasteiger partial charge on any atom is -0.493 e. The third-order valence-electron chi connectivity index (χ3n) is 6.78. The van der Waals surface area contributed by atoms with Crippen molar-refractivity contribution in [3.63, 3.8) is 0 Å². The average molecular weight is 523 g/mol. The minimum atomic E-state index is -0.575. The van der Waals surface area contributed by atoms with E-state index in [-0.39, 0.29) is 25.1 Å². The molecule has 0 bridgehead atoms. The molecule has 1 heterocycles. The van der Waals surface area contributed by atoms with Crippen LogP contribution >= 0.6 is 0 Å². The second-order valence-electron chi connectivity index (χ2n) is 9.13. The largest absolute Gasteiger partial charge is 0.493 e. The highest BCUT2D eigenvalue weighted by atomic mass is 19.1. The lowest BCUT2D eigenvalue weighted by Gasteiger charge is -2.37. The number of nitrogens with zero attached hydrogens (tertiary/aromatic N) is 1. The number of amides is 1. The lowest BCUT2D eigenvalue weighted by Crippen LogP contribution is -2.43. The predicted molar refractivity (Wildman–Crippen MR) is 144 cm³/mol. The molecule has 0 saturated carbocycles. The Balaban J connectivity index is 1.61. The van der Waals surface area contributed by atoms with E-state index in [4.69, 9.17) is 18.9 Å². The maximum absolute atomic E-state index is 13.0. The Bertz CT molecular complexity index is 1220. The van der Waals surface area contributed by atoms with Crippen LogP contribution in [0.2, 0.25) is 0 Å². The zero-order valence-electron chi connectivity index (χ0n) is 22.2. The quantitative estimate of drug-likeness (QED) is 0.377. The molecule has 0 radical (unpaired) electrons. The van der Waals surface area contributed by atoms with Gasteiger partial charge in [0.25, 0.3) is 0 Å². The molecule has 1 aliphatic heterocycles. The Morgan fingerprint density at radius 1 is 0.921 bits per heavy atom. The molecule has 0 aliphatic carbocycles. The number of fused-ring (bicyclic) bond motifs is 1. The Morgan fingerprint density at radius 3 is 2.37 bits per heavy atom. The van der Waals surface area contributed by atoms with Crippen LogP contribution in [0.5, 0.6) is 23.0 Å². The van der Waals surface area contributed by atoms with Crippen LogP contribution < -0.4 is 24.3 Å². The number of ether oxygens (including phenoxy) is 4. The molecule has 4 rings (SSSR count). The summed E-state index contributed by atoms with van der Waals surface area (Å²) in [6.45, 7) is 0.824. The number of alkyl halides is 1. The molecule has 1 atom stereocenters. The van der Waals surface area contributed by atoms with Crippen molar-refractivity contribution in [2.45, 2.75) is 25.4 Å². The zero-order chi connectivity index (χ0) is 26.9. The molecule has 3 aromatic carbocycles. The molecule has 0 aromatic heterocycles. The lowest BCUT2D eigenvalue weighted by molar-refractivity contribution is -0.123. The summed E-state index contributed by atoms with van der Waals surface area (Å²) in [6, 6.07) is 19.5. The molecule has 0 fully saturated rings. The Morgan fingerprint density at radius 2 is 1.66 bits per heavy atom. The first-order valence-corrected chi connectivity index (χ1v) is 12.7. The van der Waals surface area contributed by atoms with E-state index in [2.05, 4.69) is 10.2 Å². The Kier molecular flexibility index (Phi) is 9.43. The van der Waals surface area contributed by atoms with Crippen molar-refractivity contribution in [3.8, 4) is 23.0 Å². The van der Waals surface area contributed by atoms with Gasteiger partial charge in [-0.2, -0.15) is 0 Å². The molecule has 38 heavy (non-hydrogen) atoms. The summed E-state index contributed by atoms with van der Waals surface area (Å²) in [4.78, 5) is 15.2. The van der Waals surface area contributed by atoms with E-state index in [1.54, 1.807) is 21.3 Å². The summed E-state index contributed by atoms with van der Waals surface area (Å²) >= 11 is 0. The minimum absolute atomic E-state index is 0.0298. The van der Waals surface area contributed by atoms with Gasteiger partial charge >= 0.3 is 0 Å². The predicted octanol–water partition coefficient (Wildman–Crippen LogP) is 4.52. The van der Waals surface area contributed by atoms with Gasteiger partial charge in [-0.3, -0.25) is 9.69 Å². The molecule has 1 unspecified atom stereocenters. The third-order valence-corrected chi connectivity index (χ3v) is 6.78. The number of hydrogen-bond donors (Lipinski definition) is 1. The summed E-state index contributed by atoms with van der Waals surface area (Å²) in [5, 5.41) is 3.05. The molecule has 3 aromatic rings. The normalized spacial score (nSPS) is 14.9. The van der Waals surface area contributed by atoms with E-state index in [0.717, 1.165) is 28.7 Å². The Hall–Kier alpha value is -3.78. The molecular formula is C30H35FN2O5. The highest BCUT2D eigenvalue weighted by Crippen LogP contribution is 2.40. The fourth-order valence-corrected chi connectivity index (χ4v) is 4.88. The van der Waals surface area contributed by atoms with Crippen LogP contribution in [0.3, 0.4) is 0 Å². The van der Waals surface area contributed by atoms with Crippen molar-refractivity contribution in [1.29, 1.82) is 0 Å². The molecule has 8 heteroatoms. The van der Waals surface area contributed by atoms with Crippen LogP contribution in [0, 0.1) is 0 Å². The van der Waals surface area contributed by atoms with Crippen molar-refractivity contribution in [2.75, 3.05) is 47.7 Å². The van der Waals surface area contributed by atoms with Gasteiger partial charge in [0.15, 0.2) is 23.0 Å². The van der Waals surface area contributed by atoms with Gasteiger partial charge in [0.2, 0.25) is 5.91 Å². The number of hydrogen-bond acceptors (Lipinski definition) is 6. The van der Waals surface area contributed by atoms with Gasteiger partial charge in [0.05, 0.1) is 27.9 Å². The molecule has 1 N–H and O–H groups in total. The van der Waals surface area contributed by atoms with Gasteiger partial charge in [-0.15, -0.1) is 0 Å². The second-order valence-corrected chi connectivity index (χ2v) is 9.13. The molecule has 7 nitrogen and oxygen atoms in total. The van der Waals surface area contributed by atoms with E-state index in [0.29, 0.717) is 42.5 Å². The van der Waals surface area contributed by atoms with Crippen LogP contribution in [0.4, 0.5) is 4.39 Å². The first-order valence-electron chi connectivity index (χ1n) is 12.7. The number of halogens is 1. The van der Waals surface area contributed by atoms with E-state index in [1.807, 2.05) is 60.7 Å². The summed E-state index contributed by atoms with van der Waals surface area (Å²) in [6.07, 6.45) is 1.38. The summed E-state index contributed by atoms with van der Waals surface area (Å²) in [7, 11) is 4.80. The summed E-state index contributed by atoms with van der Waals surface area (Å²) in [5.41, 5.74) is 4.27. The third kappa shape index (κ3) is 6.55. The highest BCUT2D eigenvalue weighted by molar-refractivity contribution is 5.78. The van der Waals surface area contributed by atoms with Crippen LogP contribution in [0.1, 0.15) is 28.3 Å². The SMILES string of the molecule is COc1ccc(CC2c3cc(OC)c(OCCF)cc3CCN2CC(=O)NCc2ccccc2)cc1OC. The molecule has 202 valence electrons. The fourth-order valence-electron chi connectivity index (χ4n) is 4.88. The molecular weight excluding hydrogens is 487 g/mol. The highest BCUT2D eigenvalue weighted by Gasteiger charge is 2.31. The fraction of sp³-hybridized carbons (Fsp3) is 0.367. The maximum atomic E-state index is 13.0. The van der Waals surface area contributed by atoms with E-state index >= 15 is 0 Å². The van der Waals surface area contributed by atoms with E-state index < -0.39 is 6.67 Å². The average Bonchev–Trinajstić information content (AvgIpc) is 2.96. The second kappa shape index (κ2) is 13.1. The van der Waals surface area contributed by atoms with Crippen LogP contribution in [-0.4, -0.2) is 58.5 Å². The van der Waals surface area contributed by atoms with Gasteiger partial charge in [0, 0.05) is 19.1 Å². The van der Waals surface area contributed by atoms with Crippen molar-refractivity contribution in [3.05, 3.63) is 82.9 Å². The molecule has 0 saturated heterocycles. The number of carbonyl (C=O) groups excluding carboxylic acids is 1. The molecule has 1 amide bonds. The van der Waals surface area contributed by atoms with Crippen molar-refractivity contribution in [1.82, 2.24) is 10.2 Å². The maximum Gasteiger partial charge on any atom is 0.234 e. The van der Waals surface area contributed by atoms with E-state index in [1.165, 1.54) is 0 Å². The van der Waals surface area contributed by atoms with Gasteiger partial charge in [-0.1, -0.05) is 36.4 Å². The number of benzene rings is 3. The smallest absolute Gasteiger partial charge is 0.234 e. The summed E-state index contributed by atoms with van der Waals surface area (Å²) < 4.78 is 34.9. The first kappa shape index (κ1) is 27.3. The number of methoxy groups -OCH3 is 3. The van der Waals surface area contributed by atoms with Gasteiger partial charge in [-0.25, -0.2) is 4.39 Å². The standard InChI is InChI=1S/C30H35FN2O5/c1-35-26-10-9-22(16-27(26)36-2)15-25-24-18-28(37-3)29(38-14-12-31)17-23(24)11-13-33(25)20-30(34)32-19-21-7-5-4-6-8-21/h4-10,16-18,25H,11-15,19-20H2,1-3H3,(H,32,34). The van der Waals surface area contributed by atoms with Crippen molar-refractivity contribution in [2.24, 2.45) is 0 Å². The lowest BCUT2D eigenvalue weighted by atomic mass is 9.88. The van der Waals surface area contributed by atoms with Crippen LogP contribution in [0.25, 0.3) is 0 Å². The first-order chi connectivity index (χ1) is 18.6. The number of carbonyl (C=O) groups is 1. The van der Waals surface area contributed by atoms with Gasteiger partial charge < -0.3 is 24.3 Å². The topological polar surface area (TPSA) is 69.3 Å². The van der Waals surface area contributed by atoms with Crippen LogP contribution in [-0.2, 0) is 24.2 Å². The van der Waals surface area contributed by atoms with Crippen LogP contribution in [0.15, 0.2) is 60.7 Å². The molecule has 1 aliphatic rings. The Labute approximate surface area is 223 Å². The number of rotatable bonds is 12. The van der Waals surface area contributed by atoms with Crippen molar-refractivity contribution < 1.29 is 28.1 Å². The van der Waals surface area contributed by atoms with E-state index in [9.17, 15) is 9.18 Å². The zero-order valence-corrected chi connectivity index (χ0v) is 22.2. The van der Waals surface area contributed by atoms with Crippen molar-refractivity contribution >= 4 is 5.91 Å². The number of nitrogens with one attached hydrogen (secondary N) is 1. The van der Waals surface area contributed by atoms with Gasteiger partial charge in [-0.05, 0) is 59.4 Å². The monoisotopic (exact) mass is 522 g/mol. The molecule has 0 spiro atoms.